The lowest BCUT2D eigenvalue weighted by atomic mass is 9.83. The molecule has 4 heteroatoms. The summed E-state index contributed by atoms with van der Waals surface area (Å²) in [7, 11) is 0. The highest BCUT2D eigenvalue weighted by Gasteiger charge is 2.44. The van der Waals surface area contributed by atoms with Gasteiger partial charge >= 0.3 is 0 Å². The van der Waals surface area contributed by atoms with Crippen LogP contribution in [-0.2, 0) is 6.54 Å². The predicted molar refractivity (Wildman–Crippen MR) is 71.4 cm³/mol. The van der Waals surface area contributed by atoms with Crippen LogP contribution in [0.25, 0.3) is 0 Å². The topological polar surface area (TPSA) is 38.0 Å². The Morgan fingerprint density at radius 3 is 2.94 bits per heavy atom. The van der Waals surface area contributed by atoms with Crippen molar-refractivity contribution in [2.24, 2.45) is 17.8 Å². The first kappa shape index (κ1) is 12.5. The van der Waals surface area contributed by atoms with Crippen LogP contribution in [0.1, 0.15) is 50.8 Å². The van der Waals surface area contributed by atoms with E-state index >= 15 is 0 Å². The minimum absolute atomic E-state index is 0.397. The molecule has 1 heterocycles. The summed E-state index contributed by atoms with van der Waals surface area (Å²) in [6.45, 7) is 2.95. The number of aryl methyl sites for hydroxylation is 1. The van der Waals surface area contributed by atoms with E-state index in [0.29, 0.717) is 16.9 Å². The standard InChI is InChI=1S/C14H21ClN2O/c1-2-5-17-13(12(15)8-16-17)14(18)11-7-9-3-4-10(11)6-9/h8-11,14,18H,2-7H2,1H3. The molecule has 2 aliphatic rings. The Morgan fingerprint density at radius 1 is 1.50 bits per heavy atom. The number of hydrogen-bond acceptors (Lipinski definition) is 2. The van der Waals surface area contributed by atoms with Crippen LogP contribution in [0.3, 0.4) is 0 Å². The molecule has 0 spiro atoms. The van der Waals surface area contributed by atoms with Gasteiger partial charge in [0.25, 0.3) is 0 Å². The second-order valence-corrected chi connectivity index (χ2v) is 6.29. The van der Waals surface area contributed by atoms with Gasteiger partial charge in [0.1, 0.15) is 6.10 Å². The van der Waals surface area contributed by atoms with Crippen LogP contribution in [0.15, 0.2) is 6.20 Å². The minimum Gasteiger partial charge on any atom is -0.386 e. The Labute approximate surface area is 113 Å². The van der Waals surface area contributed by atoms with E-state index < -0.39 is 6.10 Å². The quantitative estimate of drug-likeness (QED) is 0.909. The van der Waals surface area contributed by atoms with Crippen LogP contribution < -0.4 is 0 Å². The highest BCUT2D eigenvalue weighted by Crippen LogP contribution is 2.53. The van der Waals surface area contributed by atoms with Crippen molar-refractivity contribution in [2.45, 2.75) is 51.7 Å². The maximum atomic E-state index is 10.7. The third-order valence-electron chi connectivity index (χ3n) is 4.75. The third-order valence-corrected chi connectivity index (χ3v) is 5.04. The summed E-state index contributed by atoms with van der Waals surface area (Å²) < 4.78 is 1.89. The van der Waals surface area contributed by atoms with E-state index in [4.69, 9.17) is 11.6 Å². The van der Waals surface area contributed by atoms with Crippen LogP contribution in [-0.4, -0.2) is 14.9 Å². The van der Waals surface area contributed by atoms with E-state index in [9.17, 15) is 5.11 Å². The second-order valence-electron chi connectivity index (χ2n) is 5.88. The maximum absolute atomic E-state index is 10.7. The number of fused-ring (bicyclic) bond motifs is 2. The van der Waals surface area contributed by atoms with Crippen molar-refractivity contribution in [1.29, 1.82) is 0 Å². The highest BCUT2D eigenvalue weighted by atomic mass is 35.5. The van der Waals surface area contributed by atoms with Gasteiger partial charge in [0.2, 0.25) is 0 Å². The summed E-state index contributed by atoms with van der Waals surface area (Å²) in [4.78, 5) is 0. The largest absolute Gasteiger partial charge is 0.386 e. The normalized spacial score (nSPS) is 32.1. The van der Waals surface area contributed by atoms with Gasteiger partial charge in [0, 0.05) is 6.54 Å². The first-order chi connectivity index (χ1) is 8.70. The molecule has 4 atom stereocenters. The molecular weight excluding hydrogens is 248 g/mol. The molecule has 18 heavy (non-hydrogen) atoms. The molecule has 4 unspecified atom stereocenters. The van der Waals surface area contributed by atoms with Gasteiger partial charge in [-0.15, -0.1) is 0 Å². The Bertz CT molecular complexity index is 431. The smallest absolute Gasteiger partial charge is 0.100 e. The van der Waals surface area contributed by atoms with Gasteiger partial charge in [-0.2, -0.15) is 5.10 Å². The third kappa shape index (κ3) is 1.97. The Kier molecular flexibility index (Phi) is 3.37. The fourth-order valence-corrected chi connectivity index (χ4v) is 4.19. The molecule has 0 aliphatic heterocycles. The van der Waals surface area contributed by atoms with Crippen molar-refractivity contribution in [3.05, 3.63) is 16.9 Å². The summed E-state index contributed by atoms with van der Waals surface area (Å²) in [6, 6.07) is 0. The molecule has 2 bridgehead atoms. The molecule has 3 nitrogen and oxygen atoms in total. The fraction of sp³-hybridized carbons (Fsp3) is 0.786. The van der Waals surface area contributed by atoms with Gasteiger partial charge in [-0.1, -0.05) is 24.9 Å². The van der Waals surface area contributed by atoms with E-state index in [2.05, 4.69) is 12.0 Å². The zero-order valence-corrected chi connectivity index (χ0v) is 11.6. The average molecular weight is 269 g/mol. The molecule has 0 aromatic carbocycles. The first-order valence-corrected chi connectivity index (χ1v) is 7.47. The van der Waals surface area contributed by atoms with Crippen molar-refractivity contribution in [2.75, 3.05) is 0 Å². The summed E-state index contributed by atoms with van der Waals surface area (Å²) in [6.07, 6.45) is 7.36. The van der Waals surface area contributed by atoms with Gasteiger partial charge in [-0.25, -0.2) is 0 Å². The summed E-state index contributed by atoms with van der Waals surface area (Å²) in [5.74, 6) is 1.94. The lowest BCUT2D eigenvalue weighted by Gasteiger charge is -2.27. The summed E-state index contributed by atoms with van der Waals surface area (Å²) >= 11 is 6.21. The van der Waals surface area contributed by atoms with Crippen molar-refractivity contribution >= 4 is 11.6 Å². The predicted octanol–water partition coefficient (Wildman–Crippen LogP) is 3.42. The first-order valence-electron chi connectivity index (χ1n) is 7.10. The number of aliphatic hydroxyl groups is 1. The lowest BCUT2D eigenvalue weighted by molar-refractivity contribution is 0.0667. The highest BCUT2D eigenvalue weighted by molar-refractivity contribution is 6.31. The molecule has 1 N–H and O–H groups in total. The van der Waals surface area contributed by atoms with Gasteiger partial charge in [0.15, 0.2) is 0 Å². The minimum atomic E-state index is -0.429. The maximum Gasteiger partial charge on any atom is 0.100 e. The van der Waals surface area contributed by atoms with E-state index in [-0.39, 0.29) is 0 Å². The molecule has 100 valence electrons. The molecule has 0 amide bonds. The Hall–Kier alpha value is -0.540. The number of aromatic nitrogens is 2. The van der Waals surface area contributed by atoms with E-state index in [1.54, 1.807) is 6.20 Å². The number of hydrogen-bond donors (Lipinski definition) is 1. The van der Waals surface area contributed by atoms with Crippen LogP contribution >= 0.6 is 11.6 Å². The molecule has 3 rings (SSSR count). The fourth-order valence-electron chi connectivity index (χ4n) is 3.94. The van der Waals surface area contributed by atoms with E-state index in [0.717, 1.165) is 24.6 Å². The van der Waals surface area contributed by atoms with Gasteiger partial charge in [-0.3, -0.25) is 4.68 Å². The molecule has 2 fully saturated rings. The Balaban J connectivity index is 1.83. The van der Waals surface area contributed by atoms with E-state index in [1.807, 2.05) is 4.68 Å². The number of rotatable bonds is 4. The summed E-state index contributed by atoms with van der Waals surface area (Å²) in [5.41, 5.74) is 0.844. The number of nitrogens with zero attached hydrogens (tertiary/aromatic N) is 2. The second kappa shape index (κ2) is 4.86. The molecular formula is C14H21ClN2O. The monoisotopic (exact) mass is 268 g/mol. The van der Waals surface area contributed by atoms with Crippen LogP contribution in [0.4, 0.5) is 0 Å². The molecule has 1 aromatic heterocycles. The Morgan fingerprint density at radius 2 is 2.33 bits per heavy atom. The van der Waals surface area contributed by atoms with Crippen molar-refractivity contribution in [3.8, 4) is 0 Å². The van der Waals surface area contributed by atoms with E-state index in [1.165, 1.54) is 25.7 Å². The van der Waals surface area contributed by atoms with Crippen LogP contribution in [0, 0.1) is 17.8 Å². The molecule has 0 radical (unpaired) electrons. The summed E-state index contributed by atoms with van der Waals surface area (Å²) in [5, 5.41) is 15.6. The molecule has 1 aromatic rings. The molecule has 2 aliphatic carbocycles. The van der Waals surface area contributed by atoms with Gasteiger partial charge < -0.3 is 5.11 Å². The zero-order valence-electron chi connectivity index (χ0n) is 10.8. The molecule has 0 saturated heterocycles. The van der Waals surface area contributed by atoms with Gasteiger partial charge in [-0.05, 0) is 43.4 Å². The van der Waals surface area contributed by atoms with Crippen molar-refractivity contribution in [1.82, 2.24) is 9.78 Å². The van der Waals surface area contributed by atoms with Crippen LogP contribution in [0.2, 0.25) is 5.02 Å². The zero-order chi connectivity index (χ0) is 12.7. The van der Waals surface area contributed by atoms with Crippen molar-refractivity contribution < 1.29 is 5.11 Å². The van der Waals surface area contributed by atoms with Crippen LogP contribution in [0.5, 0.6) is 0 Å². The lowest BCUT2D eigenvalue weighted by Crippen LogP contribution is -2.22. The average Bonchev–Trinajstić information content (AvgIpc) is 3.04. The SMILES string of the molecule is CCCn1ncc(Cl)c1C(O)C1CC2CCC1C2. The van der Waals surface area contributed by atoms with Gasteiger partial charge in [0.05, 0.1) is 16.9 Å². The number of aliphatic hydroxyl groups excluding tert-OH is 1. The molecule has 2 saturated carbocycles. The number of halogens is 1. The van der Waals surface area contributed by atoms with Crippen molar-refractivity contribution in [3.63, 3.8) is 0 Å².